The summed E-state index contributed by atoms with van der Waals surface area (Å²) in [5.41, 5.74) is 1.12. The van der Waals surface area contributed by atoms with Crippen LogP contribution in [0.3, 0.4) is 0 Å². The van der Waals surface area contributed by atoms with Gasteiger partial charge < -0.3 is 5.21 Å². The lowest BCUT2D eigenvalue weighted by molar-refractivity contribution is -0.742. The Morgan fingerprint density at radius 2 is 2.09 bits per heavy atom. The summed E-state index contributed by atoms with van der Waals surface area (Å²) in [5, 5.41) is 19.2. The van der Waals surface area contributed by atoms with E-state index >= 15 is 0 Å². The van der Waals surface area contributed by atoms with Crippen LogP contribution in [0.5, 0.6) is 0 Å². The fourth-order valence-corrected chi connectivity index (χ4v) is 2.75. The SMILES string of the molecule is CCC(C)C(Cn1cncn1)c1ccc(Cl)cc1Cl.O=[N+]([O-])O. The molecule has 2 rings (SSSR count). The van der Waals surface area contributed by atoms with E-state index < -0.39 is 5.09 Å². The molecule has 1 heterocycles. The quantitative estimate of drug-likeness (QED) is 0.640. The van der Waals surface area contributed by atoms with Crippen LogP contribution < -0.4 is 0 Å². The zero-order valence-corrected chi connectivity index (χ0v) is 14.3. The molecule has 0 aliphatic heterocycles. The highest BCUT2D eigenvalue weighted by atomic mass is 35.5. The molecule has 126 valence electrons. The average molecular weight is 361 g/mol. The van der Waals surface area contributed by atoms with Crippen molar-refractivity contribution >= 4 is 23.2 Å². The first kappa shape index (κ1) is 19.2. The van der Waals surface area contributed by atoms with E-state index in [0.29, 0.717) is 16.9 Å². The van der Waals surface area contributed by atoms with Gasteiger partial charge in [-0.2, -0.15) is 5.10 Å². The van der Waals surface area contributed by atoms with Gasteiger partial charge in [-0.1, -0.05) is 49.5 Å². The summed E-state index contributed by atoms with van der Waals surface area (Å²) >= 11 is 12.3. The fraction of sp³-hybridized carbons (Fsp3) is 0.429. The van der Waals surface area contributed by atoms with Gasteiger partial charge in [0.05, 0.1) is 0 Å². The van der Waals surface area contributed by atoms with Crippen LogP contribution in [0.2, 0.25) is 10.0 Å². The van der Waals surface area contributed by atoms with Crippen LogP contribution in [-0.4, -0.2) is 25.1 Å². The van der Waals surface area contributed by atoms with E-state index in [2.05, 4.69) is 23.9 Å². The van der Waals surface area contributed by atoms with Crippen LogP contribution in [0.25, 0.3) is 0 Å². The van der Waals surface area contributed by atoms with Crippen LogP contribution in [0.15, 0.2) is 30.9 Å². The molecule has 1 aromatic carbocycles. The molecule has 0 amide bonds. The van der Waals surface area contributed by atoms with Crippen molar-refractivity contribution in [3.63, 3.8) is 0 Å². The molecule has 23 heavy (non-hydrogen) atoms. The van der Waals surface area contributed by atoms with Crippen molar-refractivity contribution in [2.75, 3.05) is 0 Å². The number of nitrogens with zero attached hydrogens (tertiary/aromatic N) is 4. The predicted octanol–water partition coefficient (Wildman–Crippen LogP) is 4.07. The summed E-state index contributed by atoms with van der Waals surface area (Å²) in [5.74, 6) is 0.805. The molecule has 1 N–H and O–H groups in total. The van der Waals surface area contributed by atoms with Crippen molar-refractivity contribution in [3.05, 3.63) is 56.6 Å². The van der Waals surface area contributed by atoms with Gasteiger partial charge >= 0.3 is 0 Å². The second-order valence-corrected chi connectivity index (χ2v) is 5.86. The fourth-order valence-electron chi connectivity index (χ4n) is 2.20. The van der Waals surface area contributed by atoms with Gasteiger partial charge in [-0.05, 0) is 23.6 Å². The van der Waals surface area contributed by atoms with E-state index in [1.807, 2.05) is 16.8 Å². The Labute approximate surface area is 144 Å². The van der Waals surface area contributed by atoms with Crippen molar-refractivity contribution in [3.8, 4) is 0 Å². The molecule has 7 nitrogen and oxygen atoms in total. The lowest BCUT2D eigenvalue weighted by Crippen LogP contribution is -2.17. The number of hydrogen-bond donors (Lipinski definition) is 1. The van der Waals surface area contributed by atoms with Crippen LogP contribution >= 0.6 is 23.2 Å². The highest BCUT2D eigenvalue weighted by Crippen LogP contribution is 2.34. The van der Waals surface area contributed by atoms with Gasteiger partial charge in [0.1, 0.15) is 12.7 Å². The third kappa shape index (κ3) is 6.42. The van der Waals surface area contributed by atoms with E-state index in [1.165, 1.54) is 0 Å². The third-order valence-electron chi connectivity index (χ3n) is 3.54. The smallest absolute Gasteiger partial charge is 0.291 e. The molecule has 0 aliphatic carbocycles. The van der Waals surface area contributed by atoms with Gasteiger partial charge in [0.2, 0.25) is 0 Å². The molecule has 0 radical (unpaired) electrons. The van der Waals surface area contributed by atoms with Crippen molar-refractivity contribution in [1.29, 1.82) is 0 Å². The van der Waals surface area contributed by atoms with Gasteiger partial charge in [-0.25, -0.2) is 4.98 Å². The summed E-state index contributed by atoms with van der Waals surface area (Å²) < 4.78 is 1.85. The summed E-state index contributed by atoms with van der Waals surface area (Å²) in [6.07, 6.45) is 4.37. The zero-order valence-electron chi connectivity index (χ0n) is 12.8. The molecule has 0 spiro atoms. The average Bonchev–Trinajstić information content (AvgIpc) is 2.97. The molecule has 0 saturated heterocycles. The highest BCUT2D eigenvalue weighted by Gasteiger charge is 2.21. The number of benzene rings is 1. The van der Waals surface area contributed by atoms with E-state index in [1.54, 1.807) is 18.7 Å². The molecule has 0 fully saturated rings. The second-order valence-electron chi connectivity index (χ2n) is 5.01. The molecular formula is C14H18Cl2N4O3. The Morgan fingerprint density at radius 1 is 1.43 bits per heavy atom. The minimum atomic E-state index is -1.50. The van der Waals surface area contributed by atoms with Gasteiger partial charge in [0, 0.05) is 22.5 Å². The molecule has 9 heteroatoms. The summed E-state index contributed by atoms with van der Waals surface area (Å²) in [6, 6.07) is 5.70. The standard InChI is InChI=1S/C14H17Cl2N3.HNO3/c1-3-10(2)13(7-19-9-17-8-18-19)12-5-4-11(15)6-14(12)16;2-1(3)4/h4-6,8-10,13H,3,7H2,1-2H3;(H,2,3,4). The van der Waals surface area contributed by atoms with Crippen LogP contribution in [0, 0.1) is 16.0 Å². The van der Waals surface area contributed by atoms with Crippen LogP contribution in [0.4, 0.5) is 0 Å². The molecular weight excluding hydrogens is 343 g/mol. The molecule has 1 aromatic heterocycles. The van der Waals surface area contributed by atoms with Crippen molar-refractivity contribution in [2.45, 2.75) is 32.7 Å². The Morgan fingerprint density at radius 3 is 2.57 bits per heavy atom. The minimum Gasteiger partial charge on any atom is -0.328 e. The van der Waals surface area contributed by atoms with Crippen molar-refractivity contribution in [1.82, 2.24) is 14.8 Å². The van der Waals surface area contributed by atoms with E-state index in [4.69, 9.17) is 38.5 Å². The zero-order chi connectivity index (χ0) is 17.4. The first-order valence-corrected chi connectivity index (χ1v) is 7.71. The largest absolute Gasteiger partial charge is 0.328 e. The number of rotatable bonds is 5. The first-order chi connectivity index (χ1) is 10.8. The van der Waals surface area contributed by atoms with E-state index in [-0.39, 0.29) is 0 Å². The topological polar surface area (TPSA) is 94.1 Å². The maximum atomic E-state index is 8.36. The van der Waals surface area contributed by atoms with Gasteiger partial charge in [0.25, 0.3) is 5.09 Å². The molecule has 2 atom stereocenters. The third-order valence-corrected chi connectivity index (χ3v) is 4.11. The Hall–Kier alpha value is -1.86. The van der Waals surface area contributed by atoms with Gasteiger partial charge in [-0.3, -0.25) is 4.68 Å². The van der Waals surface area contributed by atoms with Gasteiger partial charge in [0.15, 0.2) is 0 Å². The lowest BCUT2D eigenvalue weighted by atomic mass is 9.85. The van der Waals surface area contributed by atoms with E-state index in [0.717, 1.165) is 23.6 Å². The Kier molecular flexibility index (Phi) is 7.77. The molecule has 0 saturated carbocycles. The molecule has 2 aromatic rings. The van der Waals surface area contributed by atoms with Gasteiger partial charge in [-0.15, -0.1) is 10.1 Å². The second kappa shape index (κ2) is 9.32. The lowest BCUT2D eigenvalue weighted by Gasteiger charge is -2.24. The maximum absolute atomic E-state index is 8.36. The summed E-state index contributed by atoms with van der Waals surface area (Å²) in [6.45, 7) is 5.19. The molecule has 2 unspecified atom stereocenters. The highest BCUT2D eigenvalue weighted by molar-refractivity contribution is 6.35. The maximum Gasteiger partial charge on any atom is 0.291 e. The van der Waals surface area contributed by atoms with Crippen LogP contribution in [-0.2, 0) is 6.54 Å². The molecule has 0 bridgehead atoms. The predicted molar refractivity (Wildman–Crippen MR) is 87.5 cm³/mol. The van der Waals surface area contributed by atoms with E-state index in [9.17, 15) is 0 Å². The summed E-state index contributed by atoms with van der Waals surface area (Å²) in [7, 11) is 0. The van der Waals surface area contributed by atoms with Crippen molar-refractivity contribution in [2.24, 2.45) is 5.92 Å². The van der Waals surface area contributed by atoms with Crippen molar-refractivity contribution < 1.29 is 10.3 Å². The Bertz CT molecular complexity index is 618. The number of hydrogen-bond acceptors (Lipinski definition) is 4. The van der Waals surface area contributed by atoms with Crippen LogP contribution in [0.1, 0.15) is 31.7 Å². The minimum absolute atomic E-state index is 0.302. The monoisotopic (exact) mass is 360 g/mol. The normalized spacial score (nSPS) is 12.9. The number of halogens is 2. The summed E-state index contributed by atoms with van der Waals surface area (Å²) in [4.78, 5) is 12.3. The Balaban J connectivity index is 0.000000593. The molecule has 0 aliphatic rings. The number of aromatic nitrogens is 3. The first-order valence-electron chi connectivity index (χ1n) is 6.95.